The zero-order chi connectivity index (χ0) is 11.3. The van der Waals surface area contributed by atoms with E-state index in [0.717, 1.165) is 11.8 Å². The highest BCUT2D eigenvalue weighted by Crippen LogP contribution is 2.19. The largest absolute Gasteiger partial charge is 0.409 e. The van der Waals surface area contributed by atoms with E-state index in [1.165, 1.54) is 0 Å². The molecule has 0 saturated heterocycles. The van der Waals surface area contributed by atoms with Gasteiger partial charge in [-0.15, -0.1) is 0 Å². The number of aromatic nitrogens is 2. The van der Waals surface area contributed by atoms with Crippen LogP contribution < -0.4 is 5.73 Å². The van der Waals surface area contributed by atoms with Gasteiger partial charge in [0.25, 0.3) is 0 Å². The summed E-state index contributed by atoms with van der Waals surface area (Å²) in [6.45, 7) is -0.350. The van der Waals surface area contributed by atoms with Crippen LogP contribution in [0.5, 0.6) is 0 Å². The second-order valence-electron chi connectivity index (χ2n) is 2.55. The number of aliphatic hydroxyl groups excluding tert-OH is 2. The van der Waals surface area contributed by atoms with Gasteiger partial charge in [-0.3, -0.25) is 0 Å². The van der Waals surface area contributed by atoms with E-state index >= 15 is 0 Å². The Morgan fingerprint density at radius 3 is 2.93 bits per heavy atom. The molecular formula is C6H10N4O4S. The van der Waals surface area contributed by atoms with Gasteiger partial charge in [-0.05, 0) is 10.3 Å². The summed E-state index contributed by atoms with van der Waals surface area (Å²) in [5.74, 6) is -0.0200. The highest BCUT2D eigenvalue weighted by atomic mass is 32.2. The molecule has 1 heterocycles. The molecule has 0 saturated carbocycles. The van der Waals surface area contributed by atoms with Gasteiger partial charge in [0, 0.05) is 5.75 Å². The SMILES string of the molecule is NC(=NO)c1nonc1SC[C@@H](O)CO. The molecule has 5 N–H and O–H groups in total. The van der Waals surface area contributed by atoms with E-state index in [2.05, 4.69) is 20.1 Å². The summed E-state index contributed by atoms with van der Waals surface area (Å²) in [5.41, 5.74) is 5.39. The molecule has 0 unspecified atom stereocenters. The van der Waals surface area contributed by atoms with Crippen molar-refractivity contribution in [3.05, 3.63) is 5.69 Å². The Kier molecular flexibility index (Phi) is 4.34. The standard InChI is InChI=1S/C6H10N4O4S/c7-5(8-13)4-6(10-14-9-4)15-2-3(12)1-11/h3,11-13H,1-2H2,(H2,7,8)/t3-/m0/s1. The molecular weight excluding hydrogens is 224 g/mol. The van der Waals surface area contributed by atoms with Crippen molar-refractivity contribution in [3.8, 4) is 0 Å². The first-order valence-corrected chi connectivity index (χ1v) is 4.89. The number of amidine groups is 1. The molecule has 0 aliphatic carbocycles. The third-order valence-corrected chi connectivity index (χ3v) is 2.52. The summed E-state index contributed by atoms with van der Waals surface area (Å²) < 4.78 is 4.40. The zero-order valence-corrected chi connectivity index (χ0v) is 8.39. The Balaban J connectivity index is 2.65. The van der Waals surface area contributed by atoms with E-state index in [4.69, 9.17) is 21.2 Å². The molecule has 0 aliphatic rings. The molecule has 1 aromatic rings. The lowest BCUT2D eigenvalue weighted by Crippen LogP contribution is -2.17. The molecule has 0 spiro atoms. The summed E-state index contributed by atoms with van der Waals surface area (Å²) in [6, 6.07) is 0. The first-order valence-electron chi connectivity index (χ1n) is 3.91. The summed E-state index contributed by atoms with van der Waals surface area (Å²) in [7, 11) is 0. The minimum absolute atomic E-state index is 0.104. The molecule has 0 bridgehead atoms. The smallest absolute Gasteiger partial charge is 0.195 e. The summed E-state index contributed by atoms with van der Waals surface area (Å²) in [6.07, 6.45) is -0.869. The van der Waals surface area contributed by atoms with Crippen molar-refractivity contribution in [2.75, 3.05) is 12.4 Å². The van der Waals surface area contributed by atoms with Gasteiger partial charge in [-0.2, -0.15) is 0 Å². The van der Waals surface area contributed by atoms with Crippen molar-refractivity contribution in [2.24, 2.45) is 10.9 Å². The third-order valence-electron chi connectivity index (χ3n) is 1.43. The topological polar surface area (TPSA) is 138 Å². The average Bonchev–Trinajstić information content (AvgIpc) is 2.72. The number of hydrogen-bond acceptors (Lipinski definition) is 8. The fourth-order valence-corrected chi connectivity index (χ4v) is 1.53. The average molecular weight is 234 g/mol. The van der Waals surface area contributed by atoms with Crippen molar-refractivity contribution in [1.29, 1.82) is 0 Å². The minimum atomic E-state index is -0.869. The van der Waals surface area contributed by atoms with E-state index in [0.29, 0.717) is 0 Å². The van der Waals surface area contributed by atoms with Crippen molar-refractivity contribution < 1.29 is 20.0 Å². The van der Waals surface area contributed by atoms with Crippen molar-refractivity contribution in [2.45, 2.75) is 11.1 Å². The maximum absolute atomic E-state index is 9.08. The molecule has 1 rings (SSSR count). The molecule has 0 radical (unpaired) electrons. The van der Waals surface area contributed by atoms with E-state index in [9.17, 15) is 0 Å². The van der Waals surface area contributed by atoms with Crippen LogP contribution >= 0.6 is 11.8 Å². The van der Waals surface area contributed by atoms with Gasteiger partial charge in [0.15, 0.2) is 16.6 Å². The van der Waals surface area contributed by atoms with E-state index in [1.54, 1.807) is 0 Å². The predicted octanol–water partition coefficient (Wildman–Crippen LogP) is -1.39. The van der Waals surface area contributed by atoms with Gasteiger partial charge in [-0.1, -0.05) is 16.9 Å². The fraction of sp³-hybridized carbons (Fsp3) is 0.500. The number of hydrogen-bond donors (Lipinski definition) is 4. The zero-order valence-electron chi connectivity index (χ0n) is 7.57. The molecule has 1 atom stereocenters. The predicted molar refractivity (Wildman–Crippen MR) is 50.6 cm³/mol. The molecule has 0 fully saturated rings. The number of nitrogens with two attached hydrogens (primary N) is 1. The number of rotatable bonds is 5. The minimum Gasteiger partial charge on any atom is -0.409 e. The van der Waals surface area contributed by atoms with Crippen LogP contribution in [-0.4, -0.2) is 50.0 Å². The second-order valence-corrected chi connectivity index (χ2v) is 3.56. The van der Waals surface area contributed by atoms with Crippen LogP contribution in [0.15, 0.2) is 14.8 Å². The third kappa shape index (κ3) is 3.08. The summed E-state index contributed by atoms with van der Waals surface area (Å²) >= 11 is 1.08. The van der Waals surface area contributed by atoms with Gasteiger partial charge in [0.2, 0.25) is 0 Å². The molecule has 9 heteroatoms. The van der Waals surface area contributed by atoms with Crippen molar-refractivity contribution in [3.63, 3.8) is 0 Å². The van der Waals surface area contributed by atoms with Gasteiger partial charge >= 0.3 is 0 Å². The normalized spacial score (nSPS) is 14.1. The Morgan fingerprint density at radius 1 is 1.60 bits per heavy atom. The molecule has 15 heavy (non-hydrogen) atoms. The van der Waals surface area contributed by atoms with Gasteiger partial charge in [0.05, 0.1) is 12.7 Å². The Hall–Kier alpha value is -1.32. The lowest BCUT2D eigenvalue weighted by molar-refractivity contribution is 0.113. The van der Waals surface area contributed by atoms with Gasteiger partial charge < -0.3 is 21.2 Å². The van der Waals surface area contributed by atoms with Crippen LogP contribution in [0.1, 0.15) is 5.69 Å². The van der Waals surface area contributed by atoms with Crippen molar-refractivity contribution in [1.82, 2.24) is 10.3 Å². The second kappa shape index (κ2) is 5.53. The van der Waals surface area contributed by atoms with E-state index in [1.807, 2.05) is 0 Å². The summed E-state index contributed by atoms with van der Waals surface area (Å²) in [4.78, 5) is 0. The number of aliphatic hydroxyl groups is 2. The Morgan fingerprint density at radius 2 is 2.33 bits per heavy atom. The van der Waals surface area contributed by atoms with Crippen LogP contribution in [0.2, 0.25) is 0 Å². The molecule has 0 amide bonds. The number of oxime groups is 1. The van der Waals surface area contributed by atoms with Gasteiger partial charge in [0.1, 0.15) is 0 Å². The van der Waals surface area contributed by atoms with Crippen LogP contribution in [-0.2, 0) is 0 Å². The maximum atomic E-state index is 9.08. The number of nitrogens with zero attached hydrogens (tertiary/aromatic N) is 3. The maximum Gasteiger partial charge on any atom is 0.195 e. The molecule has 0 aliphatic heterocycles. The van der Waals surface area contributed by atoms with Crippen LogP contribution in [0.25, 0.3) is 0 Å². The number of thioether (sulfide) groups is 1. The van der Waals surface area contributed by atoms with E-state index in [-0.39, 0.29) is 28.9 Å². The first kappa shape index (κ1) is 11.8. The molecule has 1 aromatic heterocycles. The van der Waals surface area contributed by atoms with Crippen LogP contribution in [0.3, 0.4) is 0 Å². The highest BCUT2D eigenvalue weighted by molar-refractivity contribution is 7.99. The Labute approximate surface area is 88.7 Å². The lowest BCUT2D eigenvalue weighted by Gasteiger charge is -2.03. The molecule has 0 aromatic carbocycles. The molecule has 8 nitrogen and oxygen atoms in total. The van der Waals surface area contributed by atoms with Gasteiger partial charge in [-0.25, -0.2) is 4.63 Å². The fourth-order valence-electron chi connectivity index (χ4n) is 0.707. The lowest BCUT2D eigenvalue weighted by atomic mass is 10.4. The highest BCUT2D eigenvalue weighted by Gasteiger charge is 2.16. The van der Waals surface area contributed by atoms with Crippen LogP contribution in [0.4, 0.5) is 0 Å². The Bertz CT molecular complexity index is 342. The van der Waals surface area contributed by atoms with E-state index < -0.39 is 6.10 Å². The summed E-state index contributed by atoms with van der Waals surface area (Å²) in [5, 5.41) is 36.0. The monoisotopic (exact) mass is 234 g/mol. The molecule has 84 valence electrons. The quantitative estimate of drug-likeness (QED) is 0.160. The van der Waals surface area contributed by atoms with Crippen molar-refractivity contribution >= 4 is 17.6 Å². The van der Waals surface area contributed by atoms with Crippen LogP contribution in [0, 0.1) is 0 Å². The first-order chi connectivity index (χ1) is 7.19.